The average Bonchev–Trinajstić information content (AvgIpc) is 2.76. The highest BCUT2D eigenvalue weighted by atomic mass is 15.0. The molecule has 4 rings (SSSR count). The second-order valence-electron chi connectivity index (χ2n) is 6.59. The zero-order valence-electron chi connectivity index (χ0n) is 11.0. The predicted molar refractivity (Wildman–Crippen MR) is 74.0 cm³/mol. The second-order valence-corrected chi connectivity index (χ2v) is 6.59. The predicted octanol–water partition coefficient (Wildman–Crippen LogP) is 2.71. The Hall–Kier alpha value is -1.02. The summed E-state index contributed by atoms with van der Waals surface area (Å²) in [5.41, 5.74) is 9.33. The van der Waals surface area contributed by atoms with Crippen molar-refractivity contribution in [2.45, 2.75) is 38.8 Å². The van der Waals surface area contributed by atoms with Crippen molar-refractivity contribution in [2.75, 3.05) is 5.73 Å². The number of hydrogen-bond acceptors (Lipinski definition) is 2. The maximum atomic E-state index is 5.86. The molecule has 0 radical (unpaired) electrons. The molecule has 4 unspecified atom stereocenters. The quantitative estimate of drug-likeness (QED) is 0.800. The molecule has 3 aliphatic rings. The van der Waals surface area contributed by atoms with Crippen LogP contribution in [0.5, 0.6) is 0 Å². The first-order valence-corrected chi connectivity index (χ1v) is 7.32. The molecule has 1 aromatic carbocycles. The molecule has 1 aromatic rings. The third-order valence-electron chi connectivity index (χ3n) is 5.61. The third kappa shape index (κ3) is 1.51. The molecule has 2 nitrogen and oxygen atoms in total. The van der Waals surface area contributed by atoms with Crippen molar-refractivity contribution in [3.05, 3.63) is 29.3 Å². The van der Waals surface area contributed by atoms with Crippen LogP contribution in [0.1, 0.15) is 30.4 Å². The maximum Gasteiger partial charge on any atom is 0.0343 e. The van der Waals surface area contributed by atoms with Crippen LogP contribution in [0.3, 0.4) is 0 Å². The highest BCUT2D eigenvalue weighted by Crippen LogP contribution is 2.65. The first-order chi connectivity index (χ1) is 8.74. The van der Waals surface area contributed by atoms with Gasteiger partial charge >= 0.3 is 0 Å². The van der Waals surface area contributed by atoms with Gasteiger partial charge in [-0.1, -0.05) is 12.1 Å². The summed E-state index contributed by atoms with van der Waals surface area (Å²) >= 11 is 0. The van der Waals surface area contributed by atoms with Crippen molar-refractivity contribution in [3.63, 3.8) is 0 Å². The number of anilines is 1. The largest absolute Gasteiger partial charge is 0.399 e. The molecule has 0 spiro atoms. The molecule has 3 N–H and O–H groups in total. The van der Waals surface area contributed by atoms with Crippen LogP contribution in [0.15, 0.2) is 18.2 Å². The highest BCUT2D eigenvalue weighted by Gasteiger charge is 2.64. The molecule has 3 fully saturated rings. The lowest BCUT2D eigenvalue weighted by molar-refractivity contribution is 0.456. The van der Waals surface area contributed by atoms with Crippen LogP contribution in [-0.4, -0.2) is 6.04 Å². The summed E-state index contributed by atoms with van der Waals surface area (Å²) in [6.45, 7) is 3.10. The monoisotopic (exact) mass is 242 g/mol. The topological polar surface area (TPSA) is 38.0 Å². The molecule has 18 heavy (non-hydrogen) atoms. The van der Waals surface area contributed by atoms with Crippen LogP contribution >= 0.6 is 0 Å². The lowest BCUT2D eigenvalue weighted by atomic mass is 10.0. The molecule has 3 aliphatic carbocycles. The Balaban J connectivity index is 1.39. The fourth-order valence-corrected chi connectivity index (χ4v) is 4.68. The highest BCUT2D eigenvalue weighted by molar-refractivity contribution is 5.47. The van der Waals surface area contributed by atoms with Gasteiger partial charge in [-0.15, -0.1) is 0 Å². The molecule has 2 heteroatoms. The molecular formula is C16H22N2. The minimum atomic E-state index is 0.828. The first kappa shape index (κ1) is 10.9. The molecule has 3 saturated carbocycles. The van der Waals surface area contributed by atoms with Gasteiger partial charge in [-0.2, -0.15) is 0 Å². The van der Waals surface area contributed by atoms with Crippen molar-refractivity contribution in [3.8, 4) is 0 Å². The van der Waals surface area contributed by atoms with E-state index in [2.05, 4.69) is 24.4 Å². The summed E-state index contributed by atoms with van der Waals surface area (Å²) < 4.78 is 0. The van der Waals surface area contributed by atoms with E-state index in [1.54, 1.807) is 0 Å². The number of aryl methyl sites for hydroxylation is 1. The number of rotatable bonds is 3. The van der Waals surface area contributed by atoms with Gasteiger partial charge in [0.05, 0.1) is 0 Å². The normalized spacial score (nSPS) is 39.9. The number of benzene rings is 1. The number of fused-ring (bicyclic) bond motifs is 5. The van der Waals surface area contributed by atoms with Gasteiger partial charge in [-0.25, -0.2) is 0 Å². The average molecular weight is 242 g/mol. The van der Waals surface area contributed by atoms with E-state index in [0.29, 0.717) is 0 Å². The number of hydrogen-bond donors (Lipinski definition) is 2. The zero-order chi connectivity index (χ0) is 12.3. The summed E-state index contributed by atoms with van der Waals surface area (Å²) in [7, 11) is 0. The lowest BCUT2D eigenvalue weighted by Gasteiger charge is -2.11. The van der Waals surface area contributed by atoms with E-state index in [4.69, 9.17) is 5.73 Å². The Morgan fingerprint density at radius 2 is 1.94 bits per heavy atom. The molecule has 0 aliphatic heterocycles. The Bertz CT molecular complexity index is 466. The zero-order valence-corrected chi connectivity index (χ0v) is 11.0. The second kappa shape index (κ2) is 3.74. The van der Waals surface area contributed by atoms with Crippen LogP contribution in [0.25, 0.3) is 0 Å². The van der Waals surface area contributed by atoms with Crippen LogP contribution in [-0.2, 0) is 6.54 Å². The molecular weight excluding hydrogens is 220 g/mol. The molecule has 2 bridgehead atoms. The van der Waals surface area contributed by atoms with Crippen molar-refractivity contribution in [1.29, 1.82) is 0 Å². The summed E-state index contributed by atoms with van der Waals surface area (Å²) in [4.78, 5) is 0. The molecule has 0 aromatic heterocycles. The summed E-state index contributed by atoms with van der Waals surface area (Å²) in [6.07, 6.45) is 4.55. The van der Waals surface area contributed by atoms with Gasteiger partial charge in [0.1, 0.15) is 0 Å². The van der Waals surface area contributed by atoms with Gasteiger partial charge in [0, 0.05) is 18.3 Å². The Kier molecular flexibility index (Phi) is 2.25. The molecule has 96 valence electrons. The van der Waals surface area contributed by atoms with Crippen LogP contribution in [0, 0.1) is 30.6 Å². The van der Waals surface area contributed by atoms with Gasteiger partial charge in [0.2, 0.25) is 0 Å². The third-order valence-corrected chi connectivity index (χ3v) is 5.61. The van der Waals surface area contributed by atoms with E-state index in [1.165, 1.54) is 30.4 Å². The van der Waals surface area contributed by atoms with Gasteiger partial charge < -0.3 is 11.1 Å². The minimum absolute atomic E-state index is 0.828. The fraction of sp³-hybridized carbons (Fsp3) is 0.625. The van der Waals surface area contributed by atoms with Crippen LogP contribution in [0.2, 0.25) is 0 Å². The Morgan fingerprint density at radius 1 is 1.22 bits per heavy atom. The van der Waals surface area contributed by atoms with E-state index in [-0.39, 0.29) is 0 Å². The minimum Gasteiger partial charge on any atom is -0.399 e. The van der Waals surface area contributed by atoms with Gasteiger partial charge in [-0.05, 0) is 67.1 Å². The van der Waals surface area contributed by atoms with E-state index in [9.17, 15) is 0 Å². The number of nitrogens with two attached hydrogens (primary N) is 1. The van der Waals surface area contributed by atoms with Crippen molar-refractivity contribution >= 4 is 5.69 Å². The Labute approximate surface area is 109 Å². The van der Waals surface area contributed by atoms with Gasteiger partial charge in [0.15, 0.2) is 0 Å². The lowest BCUT2D eigenvalue weighted by Crippen LogP contribution is -2.22. The number of nitrogens with one attached hydrogen (secondary N) is 1. The number of nitrogen functional groups attached to an aromatic ring is 1. The molecule has 4 atom stereocenters. The smallest absolute Gasteiger partial charge is 0.0343 e. The van der Waals surface area contributed by atoms with Crippen molar-refractivity contribution in [2.24, 2.45) is 23.7 Å². The Morgan fingerprint density at radius 3 is 2.61 bits per heavy atom. The summed E-state index contributed by atoms with van der Waals surface area (Å²) in [6, 6.07) is 7.23. The van der Waals surface area contributed by atoms with Crippen molar-refractivity contribution < 1.29 is 0 Å². The standard InChI is InChI=1S/C16H22N2/c1-9-6-10(2-5-13(9)17)8-18-16-14-11-3-4-12(7-11)15(14)16/h2,5-6,11-12,14-16,18H,3-4,7-8,17H2,1H3. The molecule has 0 heterocycles. The fourth-order valence-electron chi connectivity index (χ4n) is 4.68. The first-order valence-electron chi connectivity index (χ1n) is 7.32. The van der Waals surface area contributed by atoms with E-state index in [0.717, 1.165) is 41.9 Å². The van der Waals surface area contributed by atoms with Gasteiger partial charge in [0.25, 0.3) is 0 Å². The molecule has 0 saturated heterocycles. The van der Waals surface area contributed by atoms with E-state index < -0.39 is 0 Å². The van der Waals surface area contributed by atoms with Crippen LogP contribution in [0.4, 0.5) is 5.69 Å². The summed E-state index contributed by atoms with van der Waals surface area (Å²) in [5.74, 6) is 4.17. The molecule has 0 amide bonds. The van der Waals surface area contributed by atoms with Crippen LogP contribution < -0.4 is 11.1 Å². The van der Waals surface area contributed by atoms with E-state index >= 15 is 0 Å². The van der Waals surface area contributed by atoms with E-state index in [1.807, 2.05) is 6.07 Å². The SMILES string of the molecule is Cc1cc(CNC2C3C4CCC(C4)C23)ccc1N. The summed E-state index contributed by atoms with van der Waals surface area (Å²) in [5, 5.41) is 3.78. The van der Waals surface area contributed by atoms with Crippen molar-refractivity contribution in [1.82, 2.24) is 5.32 Å². The maximum absolute atomic E-state index is 5.86. The van der Waals surface area contributed by atoms with Gasteiger partial charge in [-0.3, -0.25) is 0 Å².